The highest BCUT2D eigenvalue weighted by molar-refractivity contribution is 5.54. The van der Waals surface area contributed by atoms with Crippen LogP contribution in [0.25, 0.3) is 11.5 Å². The first-order chi connectivity index (χ1) is 11.4. The summed E-state index contributed by atoms with van der Waals surface area (Å²) in [7, 11) is 0. The molecule has 24 heavy (non-hydrogen) atoms. The van der Waals surface area contributed by atoms with E-state index < -0.39 is 17.8 Å². The first kappa shape index (κ1) is 17.0. The molecule has 1 fully saturated rings. The molecule has 3 nitrogen and oxygen atoms in total. The number of aliphatic hydroxyl groups is 1. The summed E-state index contributed by atoms with van der Waals surface area (Å²) in [5.41, 5.74) is 0.240. The third-order valence-electron chi connectivity index (χ3n) is 4.71. The van der Waals surface area contributed by atoms with Crippen LogP contribution in [0.2, 0.25) is 0 Å². The van der Waals surface area contributed by atoms with Gasteiger partial charge in [0, 0.05) is 11.8 Å². The number of aromatic nitrogens is 1. The number of hydrogen-bond acceptors (Lipinski definition) is 3. The summed E-state index contributed by atoms with van der Waals surface area (Å²) in [5, 5.41) is 10.6. The van der Waals surface area contributed by atoms with Crippen molar-refractivity contribution < 1.29 is 22.7 Å². The molecule has 6 heteroatoms. The third kappa shape index (κ3) is 3.48. The maximum absolute atomic E-state index is 12.6. The summed E-state index contributed by atoms with van der Waals surface area (Å²) in [5.74, 6) is 1.18. The molecular weight excluding hydrogens is 319 g/mol. The molecule has 0 spiro atoms. The quantitative estimate of drug-likeness (QED) is 0.827. The number of aliphatic hydroxyl groups excluding tert-OH is 1. The Morgan fingerprint density at radius 1 is 1.21 bits per heavy atom. The lowest BCUT2D eigenvalue weighted by Gasteiger charge is -2.26. The average molecular weight is 339 g/mol. The fourth-order valence-corrected chi connectivity index (χ4v) is 3.33. The Labute approximate surface area is 138 Å². The van der Waals surface area contributed by atoms with Gasteiger partial charge in [-0.3, -0.25) is 4.98 Å². The Balaban J connectivity index is 1.83. The van der Waals surface area contributed by atoms with Gasteiger partial charge in [-0.15, -0.1) is 0 Å². The van der Waals surface area contributed by atoms with Gasteiger partial charge in [-0.1, -0.05) is 19.3 Å². The van der Waals surface area contributed by atoms with Crippen molar-refractivity contribution in [1.82, 2.24) is 4.98 Å². The smallest absolute Gasteiger partial charge is 0.417 e. The first-order valence-corrected chi connectivity index (χ1v) is 8.18. The highest BCUT2D eigenvalue weighted by atomic mass is 19.4. The molecule has 2 heterocycles. The zero-order valence-corrected chi connectivity index (χ0v) is 13.4. The van der Waals surface area contributed by atoms with Gasteiger partial charge in [0.2, 0.25) is 0 Å². The van der Waals surface area contributed by atoms with E-state index in [1.807, 2.05) is 0 Å². The van der Waals surface area contributed by atoms with Gasteiger partial charge in [-0.25, -0.2) is 0 Å². The minimum atomic E-state index is -4.41. The zero-order chi connectivity index (χ0) is 17.3. The van der Waals surface area contributed by atoms with Crippen molar-refractivity contribution in [2.75, 3.05) is 0 Å². The van der Waals surface area contributed by atoms with Gasteiger partial charge < -0.3 is 9.52 Å². The Bertz CT molecular complexity index is 685. The van der Waals surface area contributed by atoms with E-state index in [0.29, 0.717) is 22.8 Å². The van der Waals surface area contributed by atoms with Crippen molar-refractivity contribution in [2.45, 2.75) is 51.3 Å². The molecule has 130 valence electrons. The molecule has 1 saturated carbocycles. The molecule has 1 aliphatic rings. The largest absolute Gasteiger partial charge is 0.459 e. The zero-order valence-electron chi connectivity index (χ0n) is 13.4. The van der Waals surface area contributed by atoms with Crippen molar-refractivity contribution in [3.05, 3.63) is 41.3 Å². The maximum Gasteiger partial charge on any atom is 0.417 e. The molecule has 1 atom stereocenters. The SMILES string of the molecule is Cc1oc(-c2ccc(C(F)(F)F)cn2)cc1C(O)C1CCCCC1. The van der Waals surface area contributed by atoms with Gasteiger partial charge in [0.15, 0.2) is 5.76 Å². The Kier molecular flexibility index (Phi) is 4.67. The number of rotatable bonds is 3. The van der Waals surface area contributed by atoms with Crippen molar-refractivity contribution in [3.8, 4) is 11.5 Å². The number of nitrogens with zero attached hydrogens (tertiary/aromatic N) is 1. The molecule has 0 radical (unpaired) electrons. The van der Waals surface area contributed by atoms with Gasteiger partial charge in [-0.05, 0) is 43.9 Å². The van der Waals surface area contributed by atoms with Gasteiger partial charge in [0.1, 0.15) is 11.5 Å². The van der Waals surface area contributed by atoms with E-state index in [1.54, 1.807) is 13.0 Å². The number of pyridine rings is 1. The van der Waals surface area contributed by atoms with Crippen LogP contribution in [0, 0.1) is 12.8 Å². The summed E-state index contributed by atoms with van der Waals surface area (Å²) in [6.45, 7) is 1.76. The molecule has 1 aliphatic carbocycles. The molecule has 0 saturated heterocycles. The molecule has 2 aromatic rings. The minimum absolute atomic E-state index is 0.212. The second-order valence-electron chi connectivity index (χ2n) is 6.39. The van der Waals surface area contributed by atoms with Crippen LogP contribution in [0.3, 0.4) is 0 Å². The van der Waals surface area contributed by atoms with Crippen LogP contribution in [0.5, 0.6) is 0 Å². The highest BCUT2D eigenvalue weighted by Crippen LogP contribution is 2.38. The average Bonchev–Trinajstić information content (AvgIpc) is 2.96. The summed E-state index contributed by atoms with van der Waals surface area (Å²) < 4.78 is 43.5. The Hall–Kier alpha value is -1.82. The summed E-state index contributed by atoms with van der Waals surface area (Å²) in [4.78, 5) is 3.85. The normalized spacial score (nSPS) is 17.9. The molecular formula is C18H20F3NO2. The van der Waals surface area contributed by atoms with Crippen molar-refractivity contribution in [1.29, 1.82) is 0 Å². The van der Waals surface area contributed by atoms with Gasteiger partial charge in [0.05, 0.1) is 11.7 Å². The van der Waals surface area contributed by atoms with Crippen LogP contribution in [0.1, 0.15) is 55.1 Å². The monoisotopic (exact) mass is 339 g/mol. The summed E-state index contributed by atoms with van der Waals surface area (Å²) in [6.07, 6.45) is 1.19. The molecule has 0 amide bonds. The number of aryl methyl sites for hydroxylation is 1. The van der Waals surface area contributed by atoms with Gasteiger partial charge in [-0.2, -0.15) is 13.2 Å². The number of alkyl halides is 3. The van der Waals surface area contributed by atoms with Crippen LogP contribution < -0.4 is 0 Å². The standard InChI is InChI=1S/C18H20F3NO2/c1-11-14(17(23)12-5-3-2-4-6-12)9-16(24-11)15-8-7-13(10-22-15)18(19,20)21/h7-10,12,17,23H,2-6H2,1H3. The lowest BCUT2D eigenvalue weighted by Crippen LogP contribution is -2.16. The lowest BCUT2D eigenvalue weighted by molar-refractivity contribution is -0.137. The van der Waals surface area contributed by atoms with E-state index in [2.05, 4.69) is 4.98 Å². The van der Waals surface area contributed by atoms with E-state index in [0.717, 1.165) is 37.9 Å². The van der Waals surface area contributed by atoms with Crippen LogP contribution in [0.15, 0.2) is 28.8 Å². The van der Waals surface area contributed by atoms with Crippen molar-refractivity contribution in [2.24, 2.45) is 5.92 Å². The van der Waals surface area contributed by atoms with Crippen molar-refractivity contribution >= 4 is 0 Å². The molecule has 2 aromatic heterocycles. The van der Waals surface area contributed by atoms with Crippen LogP contribution in [-0.4, -0.2) is 10.1 Å². The maximum atomic E-state index is 12.6. The molecule has 1 N–H and O–H groups in total. The molecule has 1 unspecified atom stereocenters. The third-order valence-corrected chi connectivity index (χ3v) is 4.71. The summed E-state index contributed by atoms with van der Waals surface area (Å²) in [6, 6.07) is 3.97. The van der Waals surface area contributed by atoms with E-state index >= 15 is 0 Å². The van der Waals surface area contributed by atoms with Crippen LogP contribution in [0.4, 0.5) is 13.2 Å². The minimum Gasteiger partial charge on any atom is -0.459 e. The second kappa shape index (κ2) is 6.59. The van der Waals surface area contributed by atoms with Crippen molar-refractivity contribution in [3.63, 3.8) is 0 Å². The van der Waals surface area contributed by atoms with E-state index in [9.17, 15) is 18.3 Å². The number of hydrogen-bond donors (Lipinski definition) is 1. The van der Waals surface area contributed by atoms with E-state index in [-0.39, 0.29) is 5.92 Å². The predicted molar refractivity (Wildman–Crippen MR) is 83.2 cm³/mol. The first-order valence-electron chi connectivity index (χ1n) is 8.18. The Morgan fingerprint density at radius 3 is 2.50 bits per heavy atom. The molecule has 0 aliphatic heterocycles. The molecule has 0 bridgehead atoms. The summed E-state index contributed by atoms with van der Waals surface area (Å²) >= 11 is 0. The van der Waals surface area contributed by atoms with Gasteiger partial charge >= 0.3 is 6.18 Å². The Morgan fingerprint density at radius 2 is 1.92 bits per heavy atom. The predicted octanol–water partition coefficient (Wildman–Crippen LogP) is 5.28. The second-order valence-corrected chi connectivity index (χ2v) is 6.39. The molecule has 3 rings (SSSR count). The fourth-order valence-electron chi connectivity index (χ4n) is 3.33. The number of furan rings is 1. The number of halogens is 3. The van der Waals surface area contributed by atoms with Crippen LogP contribution >= 0.6 is 0 Å². The fraction of sp³-hybridized carbons (Fsp3) is 0.500. The van der Waals surface area contributed by atoms with E-state index in [1.165, 1.54) is 12.5 Å². The highest BCUT2D eigenvalue weighted by Gasteiger charge is 2.31. The topological polar surface area (TPSA) is 46.3 Å². The lowest BCUT2D eigenvalue weighted by atomic mass is 9.83. The van der Waals surface area contributed by atoms with E-state index in [4.69, 9.17) is 4.42 Å². The molecule has 0 aromatic carbocycles. The van der Waals surface area contributed by atoms with Gasteiger partial charge in [0.25, 0.3) is 0 Å². The van der Waals surface area contributed by atoms with Crippen LogP contribution in [-0.2, 0) is 6.18 Å².